The van der Waals surface area contributed by atoms with Crippen LogP contribution in [0.1, 0.15) is 43.5 Å². The Hall–Kier alpha value is -2.00. The standard InChI is InChI=1S/C17H23FN2O5S/c1-3-19-26(23,24)12-8-9-14(18)13(11-12)16(21)20-10-6-5-7-15(20)17(22)25-4-2/h8-9,11,15,19H,3-7,10H2,1-2H3. The third-order valence-corrected chi connectivity index (χ3v) is 5.68. The zero-order valence-electron chi connectivity index (χ0n) is 14.8. The Labute approximate surface area is 152 Å². The average molecular weight is 386 g/mol. The van der Waals surface area contributed by atoms with Gasteiger partial charge in [-0.2, -0.15) is 0 Å². The molecule has 1 saturated heterocycles. The molecule has 144 valence electrons. The molecule has 0 bridgehead atoms. The van der Waals surface area contributed by atoms with E-state index in [1.54, 1.807) is 13.8 Å². The van der Waals surface area contributed by atoms with E-state index in [9.17, 15) is 22.4 Å². The smallest absolute Gasteiger partial charge is 0.328 e. The van der Waals surface area contributed by atoms with Crippen molar-refractivity contribution in [3.8, 4) is 0 Å². The van der Waals surface area contributed by atoms with Crippen molar-refractivity contribution in [2.24, 2.45) is 0 Å². The molecule has 0 aromatic heterocycles. The molecule has 0 aliphatic carbocycles. The van der Waals surface area contributed by atoms with Crippen molar-refractivity contribution in [2.45, 2.75) is 44.0 Å². The maximum absolute atomic E-state index is 14.2. The van der Waals surface area contributed by atoms with Crippen LogP contribution in [0.5, 0.6) is 0 Å². The van der Waals surface area contributed by atoms with Gasteiger partial charge in [0.15, 0.2) is 0 Å². The third kappa shape index (κ3) is 4.39. The van der Waals surface area contributed by atoms with E-state index in [1.807, 2.05) is 0 Å². The predicted molar refractivity (Wildman–Crippen MR) is 92.6 cm³/mol. The highest BCUT2D eigenvalue weighted by Crippen LogP contribution is 2.23. The van der Waals surface area contributed by atoms with Crippen molar-refractivity contribution >= 4 is 21.9 Å². The highest BCUT2D eigenvalue weighted by atomic mass is 32.2. The SMILES string of the molecule is CCNS(=O)(=O)c1ccc(F)c(C(=O)N2CCCCC2C(=O)OCC)c1. The topological polar surface area (TPSA) is 92.8 Å². The number of carbonyl (C=O) groups is 2. The largest absolute Gasteiger partial charge is 0.464 e. The van der Waals surface area contributed by atoms with Crippen molar-refractivity contribution < 1.29 is 27.1 Å². The summed E-state index contributed by atoms with van der Waals surface area (Å²) >= 11 is 0. The zero-order chi connectivity index (χ0) is 19.3. The quantitative estimate of drug-likeness (QED) is 0.751. The van der Waals surface area contributed by atoms with Crippen molar-refractivity contribution in [1.29, 1.82) is 0 Å². The molecule has 0 radical (unpaired) electrons. The van der Waals surface area contributed by atoms with Crippen molar-refractivity contribution in [1.82, 2.24) is 9.62 Å². The van der Waals surface area contributed by atoms with Gasteiger partial charge in [-0.25, -0.2) is 22.3 Å². The van der Waals surface area contributed by atoms with E-state index in [2.05, 4.69) is 4.72 Å². The fraction of sp³-hybridized carbons (Fsp3) is 0.529. The Morgan fingerprint density at radius 2 is 2.04 bits per heavy atom. The van der Waals surface area contributed by atoms with E-state index in [-0.39, 0.29) is 30.2 Å². The molecule has 0 spiro atoms. The second-order valence-corrected chi connectivity index (χ2v) is 7.67. The van der Waals surface area contributed by atoms with Crippen LogP contribution in [0.25, 0.3) is 0 Å². The van der Waals surface area contributed by atoms with E-state index < -0.39 is 33.8 Å². The van der Waals surface area contributed by atoms with E-state index in [4.69, 9.17) is 4.74 Å². The molecule has 1 aromatic carbocycles. The Bertz CT molecular complexity index is 781. The molecule has 1 aliphatic rings. The first-order chi connectivity index (χ1) is 12.3. The van der Waals surface area contributed by atoms with Gasteiger partial charge in [0.2, 0.25) is 10.0 Å². The highest BCUT2D eigenvalue weighted by Gasteiger charge is 2.35. The number of amides is 1. The minimum atomic E-state index is -3.83. The van der Waals surface area contributed by atoms with E-state index in [0.717, 1.165) is 24.6 Å². The summed E-state index contributed by atoms with van der Waals surface area (Å²) in [7, 11) is -3.83. The molecule has 2 rings (SSSR count). The Morgan fingerprint density at radius 3 is 2.69 bits per heavy atom. The summed E-state index contributed by atoms with van der Waals surface area (Å²) < 4.78 is 45.8. The van der Waals surface area contributed by atoms with E-state index >= 15 is 0 Å². The number of halogens is 1. The molecular formula is C17H23FN2O5S. The molecule has 1 unspecified atom stereocenters. The van der Waals surface area contributed by atoms with Crippen LogP contribution in [0.2, 0.25) is 0 Å². The van der Waals surface area contributed by atoms with Crippen LogP contribution in [0.3, 0.4) is 0 Å². The lowest BCUT2D eigenvalue weighted by atomic mass is 10.0. The number of esters is 1. The summed E-state index contributed by atoms with van der Waals surface area (Å²) in [5.41, 5.74) is -0.375. The molecule has 1 aliphatic heterocycles. The number of nitrogens with zero attached hydrogens (tertiary/aromatic N) is 1. The average Bonchev–Trinajstić information content (AvgIpc) is 2.61. The monoisotopic (exact) mass is 386 g/mol. The first-order valence-electron chi connectivity index (χ1n) is 8.58. The van der Waals surface area contributed by atoms with Gasteiger partial charge in [-0.15, -0.1) is 0 Å². The number of likely N-dealkylation sites (tertiary alicyclic amines) is 1. The van der Waals surface area contributed by atoms with Crippen LogP contribution in [0, 0.1) is 5.82 Å². The van der Waals surface area contributed by atoms with Crippen LogP contribution >= 0.6 is 0 Å². The van der Waals surface area contributed by atoms with Gasteiger partial charge in [-0.3, -0.25) is 4.79 Å². The van der Waals surface area contributed by atoms with Gasteiger partial charge >= 0.3 is 5.97 Å². The number of carbonyl (C=O) groups excluding carboxylic acids is 2. The number of hydrogen-bond acceptors (Lipinski definition) is 5. The number of nitrogens with one attached hydrogen (secondary N) is 1. The first kappa shape index (κ1) is 20.3. The minimum Gasteiger partial charge on any atom is -0.464 e. The van der Waals surface area contributed by atoms with Gasteiger partial charge in [0, 0.05) is 13.1 Å². The van der Waals surface area contributed by atoms with Crippen LogP contribution in [-0.2, 0) is 19.6 Å². The normalized spacial score (nSPS) is 17.8. The Balaban J connectivity index is 2.36. The van der Waals surface area contributed by atoms with Crippen LogP contribution < -0.4 is 4.72 Å². The second kappa shape index (κ2) is 8.59. The molecule has 1 heterocycles. The molecule has 1 amide bonds. The van der Waals surface area contributed by atoms with Crippen molar-refractivity contribution in [2.75, 3.05) is 19.7 Å². The van der Waals surface area contributed by atoms with Crippen molar-refractivity contribution in [3.63, 3.8) is 0 Å². The number of sulfonamides is 1. The van der Waals surface area contributed by atoms with E-state index in [0.29, 0.717) is 12.8 Å². The molecule has 1 N–H and O–H groups in total. The summed E-state index contributed by atoms with van der Waals surface area (Å²) in [6.45, 7) is 3.92. The van der Waals surface area contributed by atoms with Gasteiger partial charge in [0.1, 0.15) is 11.9 Å². The maximum Gasteiger partial charge on any atom is 0.328 e. The molecule has 1 aromatic rings. The minimum absolute atomic E-state index is 0.167. The molecule has 26 heavy (non-hydrogen) atoms. The van der Waals surface area contributed by atoms with Crippen molar-refractivity contribution in [3.05, 3.63) is 29.6 Å². The van der Waals surface area contributed by atoms with E-state index in [1.165, 1.54) is 4.90 Å². The highest BCUT2D eigenvalue weighted by molar-refractivity contribution is 7.89. The zero-order valence-corrected chi connectivity index (χ0v) is 15.6. The fourth-order valence-electron chi connectivity index (χ4n) is 2.92. The van der Waals surface area contributed by atoms with Gasteiger partial charge in [-0.05, 0) is 44.4 Å². The van der Waals surface area contributed by atoms with Crippen LogP contribution in [-0.4, -0.2) is 50.9 Å². The predicted octanol–water partition coefficient (Wildman–Crippen LogP) is 1.68. The summed E-state index contributed by atoms with van der Waals surface area (Å²) in [6, 6.07) is 2.26. The number of benzene rings is 1. The van der Waals surface area contributed by atoms with Gasteiger partial charge in [0.25, 0.3) is 5.91 Å². The third-order valence-electron chi connectivity index (χ3n) is 4.14. The number of ether oxygens (including phenoxy) is 1. The van der Waals surface area contributed by atoms with Gasteiger partial charge < -0.3 is 9.64 Å². The summed E-state index contributed by atoms with van der Waals surface area (Å²) in [6.07, 6.45) is 1.87. The molecule has 0 saturated carbocycles. The Morgan fingerprint density at radius 1 is 1.31 bits per heavy atom. The summed E-state index contributed by atoms with van der Waals surface area (Å²) in [4.78, 5) is 26.0. The Kier molecular flexibility index (Phi) is 6.71. The van der Waals surface area contributed by atoms with Crippen LogP contribution in [0.15, 0.2) is 23.1 Å². The summed E-state index contributed by atoms with van der Waals surface area (Å²) in [5, 5.41) is 0. The summed E-state index contributed by atoms with van der Waals surface area (Å²) in [5.74, 6) is -2.08. The number of rotatable bonds is 6. The molecule has 7 nitrogen and oxygen atoms in total. The van der Waals surface area contributed by atoms with Crippen LogP contribution in [0.4, 0.5) is 4.39 Å². The van der Waals surface area contributed by atoms with Gasteiger partial charge in [0.05, 0.1) is 17.1 Å². The lowest BCUT2D eigenvalue weighted by Gasteiger charge is -2.34. The first-order valence-corrected chi connectivity index (χ1v) is 10.1. The second-order valence-electron chi connectivity index (χ2n) is 5.91. The lowest BCUT2D eigenvalue weighted by molar-refractivity contribution is -0.149. The molecule has 1 atom stereocenters. The maximum atomic E-state index is 14.2. The lowest BCUT2D eigenvalue weighted by Crippen LogP contribution is -2.49. The van der Waals surface area contributed by atoms with Gasteiger partial charge in [-0.1, -0.05) is 6.92 Å². The molecule has 9 heteroatoms. The number of hydrogen-bond donors (Lipinski definition) is 1. The fourth-order valence-corrected chi connectivity index (χ4v) is 3.99. The molecule has 1 fully saturated rings. The molecular weight excluding hydrogens is 363 g/mol. The number of piperidine rings is 1.